The van der Waals surface area contributed by atoms with Crippen LogP contribution in [0.25, 0.3) is 0 Å². The van der Waals surface area contributed by atoms with Crippen molar-refractivity contribution in [3.05, 3.63) is 0 Å². The summed E-state index contributed by atoms with van der Waals surface area (Å²) in [6.45, 7) is 13.6. The normalized spacial score (nSPS) is 29.8. The Morgan fingerprint density at radius 1 is 1.28 bits per heavy atom. The van der Waals surface area contributed by atoms with Gasteiger partial charge in [0.25, 0.3) is 0 Å². The minimum absolute atomic E-state index is 0.227. The van der Waals surface area contributed by atoms with Gasteiger partial charge in [-0.1, -0.05) is 41.0 Å². The summed E-state index contributed by atoms with van der Waals surface area (Å²) in [5.74, 6) is 1.58. The zero-order chi connectivity index (χ0) is 13.8. The maximum Gasteiger partial charge on any atom is 0.0304 e. The Bertz CT molecular complexity index is 237. The minimum Gasteiger partial charge on any atom is -0.329 e. The molecule has 1 saturated carbocycles. The quantitative estimate of drug-likeness (QED) is 0.760. The lowest BCUT2D eigenvalue weighted by Gasteiger charge is -2.45. The summed E-state index contributed by atoms with van der Waals surface area (Å²) in [6, 6.07) is 0. The summed E-state index contributed by atoms with van der Waals surface area (Å²) in [6.07, 6.45) is 6.47. The van der Waals surface area contributed by atoms with Gasteiger partial charge in [0.2, 0.25) is 0 Å². The Morgan fingerprint density at radius 3 is 2.22 bits per heavy atom. The van der Waals surface area contributed by atoms with Crippen LogP contribution in [0, 0.1) is 17.3 Å². The van der Waals surface area contributed by atoms with Gasteiger partial charge < -0.3 is 11.1 Å². The Labute approximate surface area is 114 Å². The lowest BCUT2D eigenvalue weighted by Crippen LogP contribution is -2.55. The van der Waals surface area contributed by atoms with E-state index in [1.54, 1.807) is 0 Å². The molecule has 18 heavy (non-hydrogen) atoms. The molecule has 0 aromatic carbocycles. The second kappa shape index (κ2) is 6.38. The van der Waals surface area contributed by atoms with E-state index in [2.05, 4.69) is 39.9 Å². The van der Waals surface area contributed by atoms with Gasteiger partial charge in [0.15, 0.2) is 0 Å². The molecule has 1 rings (SSSR count). The molecule has 108 valence electrons. The lowest BCUT2D eigenvalue weighted by molar-refractivity contribution is 0.100. The average Bonchev–Trinajstić information content (AvgIpc) is 2.37. The third-order valence-electron chi connectivity index (χ3n) is 5.24. The summed E-state index contributed by atoms with van der Waals surface area (Å²) >= 11 is 0. The molecule has 0 spiro atoms. The van der Waals surface area contributed by atoms with Crippen LogP contribution in [0.2, 0.25) is 0 Å². The first-order chi connectivity index (χ1) is 8.35. The van der Waals surface area contributed by atoms with Gasteiger partial charge in [-0.2, -0.15) is 0 Å². The van der Waals surface area contributed by atoms with E-state index in [0.717, 1.165) is 19.0 Å². The highest BCUT2D eigenvalue weighted by molar-refractivity contribution is 4.96. The van der Waals surface area contributed by atoms with Gasteiger partial charge in [-0.3, -0.25) is 0 Å². The van der Waals surface area contributed by atoms with E-state index in [1.807, 2.05) is 0 Å². The van der Waals surface area contributed by atoms with Gasteiger partial charge in [0.05, 0.1) is 0 Å². The highest BCUT2D eigenvalue weighted by atomic mass is 15.0. The maximum atomic E-state index is 6.05. The molecule has 0 radical (unpaired) electrons. The molecule has 0 aliphatic heterocycles. The van der Waals surface area contributed by atoms with Crippen LogP contribution in [0.1, 0.15) is 66.7 Å². The van der Waals surface area contributed by atoms with Crippen LogP contribution in [0.4, 0.5) is 0 Å². The topological polar surface area (TPSA) is 38.0 Å². The van der Waals surface area contributed by atoms with Gasteiger partial charge in [0.1, 0.15) is 0 Å². The zero-order valence-electron chi connectivity index (χ0n) is 13.2. The SMILES string of the molecule is CCC(C)(C)C1CCC(CN)(NCC(C)C)CC1. The van der Waals surface area contributed by atoms with Crippen molar-refractivity contribution >= 4 is 0 Å². The molecule has 1 fully saturated rings. The Kier molecular flexibility index (Phi) is 5.67. The summed E-state index contributed by atoms with van der Waals surface area (Å²) in [7, 11) is 0. The maximum absolute atomic E-state index is 6.05. The molecule has 0 aromatic heterocycles. The molecule has 0 saturated heterocycles. The molecular weight excluding hydrogens is 220 g/mol. The van der Waals surface area contributed by atoms with E-state index in [1.165, 1.54) is 32.1 Å². The van der Waals surface area contributed by atoms with E-state index in [0.29, 0.717) is 11.3 Å². The van der Waals surface area contributed by atoms with Crippen molar-refractivity contribution in [3.63, 3.8) is 0 Å². The van der Waals surface area contributed by atoms with E-state index in [9.17, 15) is 0 Å². The second-order valence-electron chi connectivity index (χ2n) is 7.38. The molecule has 1 aliphatic rings. The number of hydrogen-bond donors (Lipinski definition) is 2. The fourth-order valence-electron chi connectivity index (χ4n) is 3.11. The van der Waals surface area contributed by atoms with E-state index in [4.69, 9.17) is 5.73 Å². The van der Waals surface area contributed by atoms with Gasteiger partial charge in [-0.05, 0) is 49.5 Å². The van der Waals surface area contributed by atoms with Gasteiger partial charge in [0, 0.05) is 12.1 Å². The van der Waals surface area contributed by atoms with Gasteiger partial charge in [-0.15, -0.1) is 0 Å². The Morgan fingerprint density at radius 2 is 1.83 bits per heavy atom. The molecule has 1 aliphatic carbocycles. The fraction of sp³-hybridized carbons (Fsp3) is 1.00. The fourth-order valence-corrected chi connectivity index (χ4v) is 3.11. The third-order valence-corrected chi connectivity index (χ3v) is 5.24. The molecule has 2 heteroatoms. The standard InChI is InChI=1S/C16H34N2/c1-6-15(4,5)14-7-9-16(12-17,10-8-14)18-11-13(2)3/h13-14,18H,6-12,17H2,1-5H3. The van der Waals surface area contributed by atoms with Crippen LogP contribution in [-0.2, 0) is 0 Å². The summed E-state index contributed by atoms with van der Waals surface area (Å²) in [4.78, 5) is 0. The number of nitrogens with two attached hydrogens (primary N) is 1. The first-order valence-electron chi connectivity index (χ1n) is 7.80. The molecule has 0 heterocycles. The first-order valence-corrected chi connectivity index (χ1v) is 7.80. The molecule has 0 aromatic rings. The monoisotopic (exact) mass is 254 g/mol. The molecular formula is C16H34N2. The van der Waals surface area contributed by atoms with Crippen molar-refractivity contribution in [2.75, 3.05) is 13.1 Å². The predicted molar refractivity (Wildman–Crippen MR) is 80.7 cm³/mol. The molecule has 0 amide bonds. The lowest BCUT2D eigenvalue weighted by atomic mass is 9.65. The average molecular weight is 254 g/mol. The van der Waals surface area contributed by atoms with Crippen molar-refractivity contribution in [1.82, 2.24) is 5.32 Å². The summed E-state index contributed by atoms with van der Waals surface area (Å²) < 4.78 is 0. The van der Waals surface area contributed by atoms with Crippen LogP contribution >= 0.6 is 0 Å². The number of nitrogens with one attached hydrogen (secondary N) is 1. The van der Waals surface area contributed by atoms with Gasteiger partial charge in [-0.25, -0.2) is 0 Å². The van der Waals surface area contributed by atoms with Crippen LogP contribution in [0.3, 0.4) is 0 Å². The van der Waals surface area contributed by atoms with Crippen LogP contribution in [-0.4, -0.2) is 18.6 Å². The third kappa shape index (κ3) is 3.96. The minimum atomic E-state index is 0.227. The van der Waals surface area contributed by atoms with Crippen LogP contribution in [0.15, 0.2) is 0 Å². The summed E-state index contributed by atoms with van der Waals surface area (Å²) in [5.41, 5.74) is 6.77. The van der Waals surface area contributed by atoms with Crippen molar-refractivity contribution in [2.24, 2.45) is 23.0 Å². The van der Waals surface area contributed by atoms with Crippen molar-refractivity contribution in [2.45, 2.75) is 72.3 Å². The van der Waals surface area contributed by atoms with E-state index >= 15 is 0 Å². The molecule has 0 bridgehead atoms. The molecule has 2 nitrogen and oxygen atoms in total. The Balaban J connectivity index is 2.54. The second-order valence-corrected chi connectivity index (χ2v) is 7.38. The van der Waals surface area contributed by atoms with Crippen molar-refractivity contribution < 1.29 is 0 Å². The van der Waals surface area contributed by atoms with Crippen LogP contribution in [0.5, 0.6) is 0 Å². The van der Waals surface area contributed by atoms with Crippen LogP contribution < -0.4 is 11.1 Å². The van der Waals surface area contributed by atoms with E-state index in [-0.39, 0.29) is 5.54 Å². The number of hydrogen-bond acceptors (Lipinski definition) is 2. The smallest absolute Gasteiger partial charge is 0.0304 e. The highest BCUT2D eigenvalue weighted by Gasteiger charge is 2.38. The highest BCUT2D eigenvalue weighted by Crippen LogP contribution is 2.43. The van der Waals surface area contributed by atoms with Crippen molar-refractivity contribution in [1.29, 1.82) is 0 Å². The zero-order valence-corrected chi connectivity index (χ0v) is 13.2. The largest absolute Gasteiger partial charge is 0.329 e. The summed E-state index contributed by atoms with van der Waals surface area (Å²) in [5, 5.41) is 3.75. The Hall–Kier alpha value is -0.0800. The first kappa shape index (κ1) is 16.0. The molecule has 0 atom stereocenters. The predicted octanol–water partition coefficient (Wildman–Crippen LogP) is 3.56. The molecule has 0 unspecified atom stereocenters. The van der Waals surface area contributed by atoms with Gasteiger partial charge >= 0.3 is 0 Å². The van der Waals surface area contributed by atoms with Crippen molar-refractivity contribution in [3.8, 4) is 0 Å². The van der Waals surface area contributed by atoms with E-state index < -0.39 is 0 Å². The molecule has 3 N–H and O–H groups in total. The number of rotatable bonds is 6.